The van der Waals surface area contributed by atoms with Crippen LogP contribution in [0, 0.1) is 22.0 Å². The SMILES string of the molecule is O=C1[C@@H]2[C@@H](c3ccc(Br)cc3)OC3(C(=O)c4ccccc4C3=O)[C@H]2C(=O)N1c1ccc([N+](=O)[O-])cc1. The zero-order valence-corrected chi connectivity index (χ0v) is 19.9. The minimum absolute atomic E-state index is 0.116. The van der Waals surface area contributed by atoms with E-state index in [4.69, 9.17) is 4.74 Å². The van der Waals surface area contributed by atoms with Crippen LogP contribution in [0.15, 0.2) is 77.3 Å². The van der Waals surface area contributed by atoms with E-state index in [-0.39, 0.29) is 22.5 Å². The fraction of sp³-hybridized carbons (Fsp3) is 0.154. The van der Waals surface area contributed by atoms with Crippen molar-refractivity contribution in [1.29, 1.82) is 0 Å². The number of nitro groups is 1. The molecule has 2 aliphatic heterocycles. The molecule has 3 atom stereocenters. The summed E-state index contributed by atoms with van der Waals surface area (Å²) in [6, 6.07) is 18.1. The van der Waals surface area contributed by atoms with Crippen molar-refractivity contribution in [3.63, 3.8) is 0 Å². The largest absolute Gasteiger partial charge is 0.349 e. The summed E-state index contributed by atoms with van der Waals surface area (Å²) in [6.07, 6.45) is -1.04. The fourth-order valence-corrected chi connectivity index (χ4v) is 5.71. The molecule has 3 aliphatic rings. The average Bonchev–Trinajstić information content (AvgIpc) is 3.44. The van der Waals surface area contributed by atoms with Crippen LogP contribution >= 0.6 is 15.9 Å². The van der Waals surface area contributed by atoms with E-state index in [1.54, 1.807) is 36.4 Å². The summed E-state index contributed by atoms with van der Waals surface area (Å²) in [5, 5.41) is 11.1. The Bertz CT molecular complexity index is 1460. The van der Waals surface area contributed by atoms with Gasteiger partial charge in [0.05, 0.1) is 28.6 Å². The summed E-state index contributed by atoms with van der Waals surface area (Å²) in [5.41, 5.74) is -1.44. The topological polar surface area (TPSA) is 124 Å². The third-order valence-electron chi connectivity index (χ3n) is 7.04. The van der Waals surface area contributed by atoms with Gasteiger partial charge in [0.1, 0.15) is 0 Å². The number of Topliss-reactive ketones (excluding diaryl/α,β-unsaturated/α-hetero) is 2. The summed E-state index contributed by atoms with van der Waals surface area (Å²) in [7, 11) is 0. The van der Waals surface area contributed by atoms with Gasteiger partial charge in [-0.1, -0.05) is 52.3 Å². The van der Waals surface area contributed by atoms with E-state index in [0.29, 0.717) is 5.56 Å². The Morgan fingerprint density at radius 3 is 1.97 bits per heavy atom. The number of rotatable bonds is 3. The Kier molecular flexibility index (Phi) is 4.83. The first-order valence-electron chi connectivity index (χ1n) is 11.0. The number of halogens is 1. The van der Waals surface area contributed by atoms with Crippen molar-refractivity contribution in [3.05, 3.63) is 104 Å². The third kappa shape index (κ3) is 2.85. The van der Waals surface area contributed by atoms with Gasteiger partial charge in [0, 0.05) is 27.7 Å². The first-order valence-corrected chi connectivity index (χ1v) is 11.8. The maximum absolute atomic E-state index is 13.8. The van der Waals surface area contributed by atoms with Crippen LogP contribution in [0.5, 0.6) is 0 Å². The molecular weight excluding hydrogens is 532 g/mol. The summed E-state index contributed by atoms with van der Waals surface area (Å²) in [5.74, 6) is -5.22. The van der Waals surface area contributed by atoms with Gasteiger partial charge in [-0.05, 0) is 29.8 Å². The predicted molar refractivity (Wildman–Crippen MR) is 128 cm³/mol. The molecule has 9 nitrogen and oxygen atoms in total. The molecule has 178 valence electrons. The molecule has 0 saturated carbocycles. The minimum atomic E-state index is -2.17. The van der Waals surface area contributed by atoms with E-state index in [2.05, 4.69) is 15.9 Å². The normalized spacial score (nSPS) is 23.9. The second-order valence-electron chi connectivity index (χ2n) is 8.82. The Labute approximate surface area is 211 Å². The lowest BCUT2D eigenvalue weighted by molar-refractivity contribution is -0.384. The smallest absolute Gasteiger partial charge is 0.269 e. The molecule has 2 amide bonds. The zero-order valence-electron chi connectivity index (χ0n) is 18.3. The summed E-state index contributed by atoms with van der Waals surface area (Å²) in [6.45, 7) is 0. The second-order valence-corrected chi connectivity index (χ2v) is 9.73. The molecule has 10 heteroatoms. The number of non-ortho nitro benzene ring substituents is 1. The first kappa shape index (κ1) is 22.4. The van der Waals surface area contributed by atoms with Gasteiger partial charge in [-0.25, -0.2) is 4.90 Å². The number of nitro benzene ring substituents is 1. The van der Waals surface area contributed by atoms with Crippen molar-refractivity contribution in [1.82, 2.24) is 0 Å². The molecule has 2 fully saturated rings. The molecule has 0 aromatic heterocycles. The highest BCUT2D eigenvalue weighted by Crippen LogP contribution is 2.57. The fourth-order valence-electron chi connectivity index (χ4n) is 5.45. The van der Waals surface area contributed by atoms with Gasteiger partial charge in [-0.2, -0.15) is 0 Å². The molecule has 0 radical (unpaired) electrons. The van der Waals surface area contributed by atoms with Crippen LogP contribution in [-0.4, -0.2) is 33.9 Å². The van der Waals surface area contributed by atoms with Crippen LogP contribution in [0.4, 0.5) is 11.4 Å². The summed E-state index contributed by atoms with van der Waals surface area (Å²) >= 11 is 3.36. The van der Waals surface area contributed by atoms with Gasteiger partial charge in [0.15, 0.2) is 0 Å². The van der Waals surface area contributed by atoms with Gasteiger partial charge >= 0.3 is 0 Å². The average molecular weight is 547 g/mol. The molecule has 1 spiro atoms. The molecule has 0 bridgehead atoms. The van der Waals surface area contributed by atoms with Gasteiger partial charge in [0.2, 0.25) is 29.0 Å². The third-order valence-corrected chi connectivity index (χ3v) is 7.56. The van der Waals surface area contributed by atoms with E-state index in [9.17, 15) is 29.3 Å². The van der Waals surface area contributed by atoms with Crippen LogP contribution in [-0.2, 0) is 14.3 Å². The summed E-state index contributed by atoms with van der Waals surface area (Å²) in [4.78, 5) is 66.4. The molecule has 6 rings (SSSR count). The highest BCUT2D eigenvalue weighted by molar-refractivity contribution is 9.10. The van der Waals surface area contributed by atoms with E-state index in [0.717, 1.165) is 9.37 Å². The standard InChI is InChI=1S/C26H15BrN2O7/c27-14-7-5-13(6-8-14)21-19-20(26(36-21)22(30)17-3-1-2-4-18(17)23(26)31)25(33)28(24(19)32)15-9-11-16(12-10-15)29(34)35/h1-12,19-21H/t19-,20+,21+/m0/s1. The number of hydrogen-bond acceptors (Lipinski definition) is 7. The molecule has 36 heavy (non-hydrogen) atoms. The van der Waals surface area contributed by atoms with Gasteiger partial charge < -0.3 is 4.74 Å². The minimum Gasteiger partial charge on any atom is -0.349 e. The Morgan fingerprint density at radius 2 is 1.42 bits per heavy atom. The number of benzene rings is 3. The number of hydrogen-bond donors (Lipinski definition) is 0. The quantitative estimate of drug-likeness (QED) is 0.210. The van der Waals surface area contributed by atoms with Crippen molar-refractivity contribution >= 4 is 50.7 Å². The predicted octanol–water partition coefficient (Wildman–Crippen LogP) is 4.05. The number of amides is 2. The van der Waals surface area contributed by atoms with Crippen molar-refractivity contribution in [2.45, 2.75) is 11.7 Å². The Hall–Kier alpha value is -4.02. The number of carbonyl (C=O) groups is 4. The van der Waals surface area contributed by atoms with Crippen LogP contribution in [0.2, 0.25) is 0 Å². The van der Waals surface area contributed by atoms with Gasteiger partial charge in [0.25, 0.3) is 5.69 Å². The number of nitrogens with zero attached hydrogens (tertiary/aromatic N) is 2. The highest BCUT2D eigenvalue weighted by atomic mass is 79.9. The monoisotopic (exact) mass is 546 g/mol. The zero-order chi connectivity index (χ0) is 25.4. The molecule has 0 unspecified atom stereocenters. The van der Waals surface area contributed by atoms with E-state index in [1.807, 2.05) is 0 Å². The lowest BCUT2D eigenvalue weighted by Gasteiger charge is -2.27. The molecular formula is C26H15BrN2O7. The van der Waals surface area contributed by atoms with Gasteiger partial charge in [-0.3, -0.25) is 29.3 Å². The van der Waals surface area contributed by atoms with Crippen LogP contribution in [0.1, 0.15) is 32.4 Å². The molecule has 1 aliphatic carbocycles. The maximum Gasteiger partial charge on any atom is 0.269 e. The van der Waals surface area contributed by atoms with Crippen LogP contribution in [0.25, 0.3) is 0 Å². The van der Waals surface area contributed by atoms with Crippen LogP contribution < -0.4 is 4.90 Å². The number of imide groups is 1. The molecule has 2 heterocycles. The van der Waals surface area contributed by atoms with Gasteiger partial charge in [-0.15, -0.1) is 0 Å². The summed E-state index contributed by atoms with van der Waals surface area (Å²) < 4.78 is 6.99. The lowest BCUT2D eigenvalue weighted by Crippen LogP contribution is -2.51. The van der Waals surface area contributed by atoms with E-state index >= 15 is 0 Å². The van der Waals surface area contributed by atoms with Crippen LogP contribution in [0.3, 0.4) is 0 Å². The number of ether oxygens (including phenoxy) is 1. The number of fused-ring (bicyclic) bond motifs is 3. The maximum atomic E-state index is 13.8. The highest BCUT2D eigenvalue weighted by Gasteiger charge is 2.74. The van der Waals surface area contributed by atoms with Crippen molar-refractivity contribution < 1.29 is 28.8 Å². The number of ketones is 2. The van der Waals surface area contributed by atoms with Crippen molar-refractivity contribution in [2.24, 2.45) is 11.8 Å². The Balaban J connectivity index is 1.51. The van der Waals surface area contributed by atoms with Crippen molar-refractivity contribution in [2.75, 3.05) is 4.90 Å². The van der Waals surface area contributed by atoms with E-state index < -0.39 is 51.8 Å². The van der Waals surface area contributed by atoms with Crippen molar-refractivity contribution in [3.8, 4) is 0 Å². The molecule has 2 saturated heterocycles. The molecule has 3 aromatic rings. The number of carbonyl (C=O) groups excluding carboxylic acids is 4. The lowest BCUT2D eigenvalue weighted by atomic mass is 9.77. The molecule has 0 N–H and O–H groups in total. The second kappa shape index (κ2) is 7.74. The molecule has 3 aromatic carbocycles. The van der Waals surface area contributed by atoms with E-state index in [1.165, 1.54) is 36.4 Å². The first-order chi connectivity index (χ1) is 17.3. The number of anilines is 1. The Morgan fingerprint density at radius 1 is 0.833 bits per heavy atom.